The number of sulfonamides is 1. The van der Waals surface area contributed by atoms with Crippen LogP contribution in [0.3, 0.4) is 0 Å². The third-order valence-corrected chi connectivity index (χ3v) is 5.97. The Bertz CT molecular complexity index is 1040. The van der Waals surface area contributed by atoms with E-state index in [1.165, 1.54) is 45.3 Å². The minimum absolute atomic E-state index is 0.00480. The smallest absolute Gasteiger partial charge is 0.251 e. The first kappa shape index (κ1) is 23.0. The summed E-state index contributed by atoms with van der Waals surface area (Å²) in [4.78, 5) is 34.9. The second kappa shape index (κ2) is 9.99. The maximum Gasteiger partial charge on any atom is 0.251 e. The molecule has 9 nitrogen and oxygen atoms in total. The third kappa shape index (κ3) is 6.13. The number of rotatable bonds is 8. The van der Waals surface area contributed by atoms with Crippen LogP contribution in [0.2, 0.25) is 0 Å². The van der Waals surface area contributed by atoms with E-state index in [-0.39, 0.29) is 29.8 Å². The van der Waals surface area contributed by atoms with Crippen LogP contribution in [0.25, 0.3) is 0 Å². The van der Waals surface area contributed by atoms with Crippen LogP contribution in [0, 0.1) is 0 Å². The first-order chi connectivity index (χ1) is 14.1. The number of hydrogen-bond acceptors (Lipinski definition) is 5. The lowest BCUT2D eigenvalue weighted by Crippen LogP contribution is -2.38. The molecule has 2 aromatic carbocycles. The molecule has 0 aliphatic heterocycles. The summed E-state index contributed by atoms with van der Waals surface area (Å²) >= 11 is 0. The van der Waals surface area contributed by atoms with Gasteiger partial charge in [0.1, 0.15) is 0 Å². The maximum absolute atomic E-state index is 12.6. The zero-order valence-electron chi connectivity index (χ0n) is 16.9. The number of anilines is 1. The van der Waals surface area contributed by atoms with Crippen LogP contribution in [0.5, 0.6) is 0 Å². The molecule has 0 aliphatic carbocycles. The van der Waals surface area contributed by atoms with Crippen molar-refractivity contribution in [1.29, 1.82) is 0 Å². The fourth-order valence-corrected chi connectivity index (χ4v) is 3.73. The summed E-state index contributed by atoms with van der Waals surface area (Å²) in [6.45, 7) is 1.14. The van der Waals surface area contributed by atoms with Gasteiger partial charge in [0.2, 0.25) is 21.8 Å². The summed E-state index contributed by atoms with van der Waals surface area (Å²) in [5, 5.41) is 7.72. The molecule has 0 atom stereocenters. The van der Waals surface area contributed by atoms with Gasteiger partial charge in [-0.05, 0) is 42.0 Å². The van der Waals surface area contributed by atoms with Gasteiger partial charge in [0.15, 0.2) is 0 Å². The normalized spacial score (nSPS) is 11.1. The van der Waals surface area contributed by atoms with Crippen molar-refractivity contribution in [1.82, 2.24) is 14.9 Å². The van der Waals surface area contributed by atoms with Gasteiger partial charge in [0, 0.05) is 38.8 Å². The maximum atomic E-state index is 12.6. The summed E-state index contributed by atoms with van der Waals surface area (Å²) in [6.07, 6.45) is 0. The number of nitrogens with one attached hydrogen (secondary N) is 3. The Hall–Kier alpha value is -3.24. The molecule has 30 heavy (non-hydrogen) atoms. The summed E-state index contributed by atoms with van der Waals surface area (Å²) < 4.78 is 26.2. The Morgan fingerprint density at radius 2 is 1.70 bits per heavy atom. The zero-order valence-corrected chi connectivity index (χ0v) is 17.7. The van der Waals surface area contributed by atoms with Crippen LogP contribution in [0.15, 0.2) is 53.4 Å². The average molecular weight is 433 g/mol. The van der Waals surface area contributed by atoms with Gasteiger partial charge in [-0.25, -0.2) is 8.42 Å². The molecule has 10 heteroatoms. The molecule has 0 radical (unpaired) electrons. The lowest BCUT2D eigenvalue weighted by molar-refractivity contribution is -0.121. The van der Waals surface area contributed by atoms with Crippen LogP contribution in [-0.2, 0) is 26.2 Å². The number of likely N-dealkylation sites (N-methyl/N-ethyl adjacent to an activating group) is 1. The molecule has 0 aromatic heterocycles. The van der Waals surface area contributed by atoms with Crippen molar-refractivity contribution in [3.05, 3.63) is 59.7 Å². The van der Waals surface area contributed by atoms with E-state index < -0.39 is 15.9 Å². The summed E-state index contributed by atoms with van der Waals surface area (Å²) in [5.74, 6) is -0.986. The molecule has 0 saturated heterocycles. The van der Waals surface area contributed by atoms with Crippen molar-refractivity contribution >= 4 is 33.4 Å². The van der Waals surface area contributed by atoms with Gasteiger partial charge in [0.25, 0.3) is 5.91 Å². The van der Waals surface area contributed by atoms with Gasteiger partial charge in [-0.2, -0.15) is 4.31 Å². The Morgan fingerprint density at radius 1 is 1.03 bits per heavy atom. The number of nitrogens with zero attached hydrogens (tertiary/aromatic N) is 1. The first-order valence-electron chi connectivity index (χ1n) is 9.05. The summed E-state index contributed by atoms with van der Waals surface area (Å²) in [6, 6.07) is 12.4. The molecular weight excluding hydrogens is 408 g/mol. The van der Waals surface area contributed by atoms with E-state index >= 15 is 0 Å². The van der Waals surface area contributed by atoms with Crippen LogP contribution >= 0.6 is 0 Å². The van der Waals surface area contributed by atoms with E-state index in [1.807, 2.05) is 0 Å². The molecule has 160 valence electrons. The van der Waals surface area contributed by atoms with Gasteiger partial charge in [0.05, 0.1) is 11.4 Å². The molecule has 2 aromatic rings. The minimum Gasteiger partial charge on any atom is -0.355 e. The Balaban J connectivity index is 1.97. The third-order valence-electron chi connectivity index (χ3n) is 4.16. The van der Waals surface area contributed by atoms with E-state index in [9.17, 15) is 22.8 Å². The van der Waals surface area contributed by atoms with Gasteiger partial charge < -0.3 is 16.0 Å². The molecule has 2 rings (SSSR count). The number of amides is 3. The average Bonchev–Trinajstić information content (AvgIpc) is 2.71. The van der Waals surface area contributed by atoms with Crippen LogP contribution in [0.4, 0.5) is 5.69 Å². The molecular formula is C20H24N4O5S. The van der Waals surface area contributed by atoms with Crippen LogP contribution in [0.1, 0.15) is 22.8 Å². The SMILES string of the molecule is CNC(=O)c1cccc(CNC(=O)CN(C)S(=O)(=O)c2ccc(NC(C)=O)cc2)c1. The predicted molar refractivity (Wildman–Crippen MR) is 112 cm³/mol. The zero-order chi connectivity index (χ0) is 22.3. The molecule has 3 amide bonds. The molecule has 3 N–H and O–H groups in total. The second-order valence-corrected chi connectivity index (χ2v) is 8.57. The predicted octanol–water partition coefficient (Wildman–Crippen LogP) is 0.941. The van der Waals surface area contributed by atoms with Gasteiger partial charge in [-0.3, -0.25) is 14.4 Å². The Labute approximate surface area is 175 Å². The quantitative estimate of drug-likeness (QED) is 0.573. The van der Waals surface area contributed by atoms with E-state index in [1.54, 1.807) is 24.3 Å². The Kier molecular flexibility index (Phi) is 7.67. The van der Waals surface area contributed by atoms with Crippen molar-refractivity contribution < 1.29 is 22.8 Å². The fraction of sp³-hybridized carbons (Fsp3) is 0.250. The monoisotopic (exact) mass is 432 g/mol. The lowest BCUT2D eigenvalue weighted by atomic mass is 10.1. The van der Waals surface area contributed by atoms with Crippen LogP contribution < -0.4 is 16.0 Å². The van der Waals surface area contributed by atoms with Crippen molar-refractivity contribution in [2.75, 3.05) is 26.0 Å². The minimum atomic E-state index is -3.88. The van der Waals surface area contributed by atoms with E-state index in [0.29, 0.717) is 16.8 Å². The van der Waals surface area contributed by atoms with Gasteiger partial charge in [-0.1, -0.05) is 12.1 Å². The molecule has 0 spiro atoms. The lowest BCUT2D eigenvalue weighted by Gasteiger charge is -2.17. The molecule has 0 aliphatic rings. The van der Waals surface area contributed by atoms with Gasteiger partial charge >= 0.3 is 0 Å². The fourth-order valence-electron chi connectivity index (χ4n) is 2.60. The van der Waals surface area contributed by atoms with Crippen LogP contribution in [-0.4, -0.2) is 51.1 Å². The number of carbonyl (C=O) groups is 3. The highest BCUT2D eigenvalue weighted by molar-refractivity contribution is 7.89. The molecule has 0 fully saturated rings. The highest BCUT2D eigenvalue weighted by Crippen LogP contribution is 2.17. The second-order valence-electron chi connectivity index (χ2n) is 6.52. The largest absolute Gasteiger partial charge is 0.355 e. The standard InChI is InChI=1S/C20H24N4O5S/c1-14(25)23-17-7-9-18(10-8-17)30(28,29)24(3)13-19(26)22-12-15-5-4-6-16(11-15)20(27)21-2/h4-11H,12-13H2,1-3H3,(H,21,27)(H,22,26)(H,23,25). The molecule has 0 heterocycles. The van der Waals surface area contributed by atoms with Crippen molar-refractivity contribution in [3.8, 4) is 0 Å². The molecule has 0 unspecified atom stereocenters. The first-order valence-corrected chi connectivity index (χ1v) is 10.5. The van der Waals surface area contributed by atoms with E-state index in [2.05, 4.69) is 16.0 Å². The van der Waals surface area contributed by atoms with E-state index in [4.69, 9.17) is 0 Å². The number of carbonyl (C=O) groups excluding carboxylic acids is 3. The summed E-state index contributed by atoms with van der Waals surface area (Å²) in [7, 11) is -1.04. The number of benzene rings is 2. The molecule has 0 bridgehead atoms. The highest BCUT2D eigenvalue weighted by atomic mass is 32.2. The molecule has 0 saturated carbocycles. The van der Waals surface area contributed by atoms with Gasteiger partial charge in [-0.15, -0.1) is 0 Å². The Morgan fingerprint density at radius 3 is 2.30 bits per heavy atom. The topological polar surface area (TPSA) is 125 Å². The number of hydrogen-bond donors (Lipinski definition) is 3. The van der Waals surface area contributed by atoms with E-state index in [0.717, 1.165) is 4.31 Å². The van der Waals surface area contributed by atoms with Crippen molar-refractivity contribution in [2.24, 2.45) is 0 Å². The van der Waals surface area contributed by atoms with Crippen molar-refractivity contribution in [3.63, 3.8) is 0 Å². The highest BCUT2D eigenvalue weighted by Gasteiger charge is 2.23. The summed E-state index contributed by atoms with van der Waals surface area (Å²) in [5.41, 5.74) is 1.65. The van der Waals surface area contributed by atoms with Crippen molar-refractivity contribution in [2.45, 2.75) is 18.4 Å².